The second-order valence-corrected chi connectivity index (χ2v) is 8.46. The van der Waals surface area contributed by atoms with Crippen LogP contribution in [0.15, 0.2) is 41.3 Å². The molecule has 12 heteroatoms. The maximum absolute atomic E-state index is 13.7. The third kappa shape index (κ3) is 6.05. The molecule has 0 spiro atoms. The van der Waals surface area contributed by atoms with Gasteiger partial charge in [-0.1, -0.05) is 6.92 Å². The number of hydrogen-bond donors (Lipinski definition) is 1. The van der Waals surface area contributed by atoms with E-state index in [4.69, 9.17) is 4.74 Å². The molecule has 0 radical (unpaired) electrons. The SMILES string of the molecule is CCN(CC(=O)Nc1cc(C(=O)OC)cc(C(=O)OC)c1)S(=O)(=O)c1cc(F)ccc1OC. The van der Waals surface area contributed by atoms with Crippen molar-refractivity contribution in [3.05, 3.63) is 53.3 Å². The standard InChI is InChI=1S/C21H23FN2O8S/c1-5-24(33(28,29)18-11-15(22)6-7-17(18)30-2)12-19(25)23-16-9-13(20(26)31-3)8-14(10-16)21(27)32-4/h6-11H,5,12H2,1-4H3,(H,23,25). The molecule has 33 heavy (non-hydrogen) atoms. The molecular formula is C21H23FN2O8S. The van der Waals surface area contributed by atoms with Gasteiger partial charge in [-0.05, 0) is 36.4 Å². The number of halogens is 1. The van der Waals surface area contributed by atoms with Crippen molar-refractivity contribution in [3.8, 4) is 5.75 Å². The van der Waals surface area contributed by atoms with Gasteiger partial charge in [0, 0.05) is 12.2 Å². The van der Waals surface area contributed by atoms with Crippen molar-refractivity contribution in [1.82, 2.24) is 4.31 Å². The predicted octanol–water partition coefficient (Wildman–Crippen LogP) is 2.06. The Balaban J connectivity index is 2.33. The van der Waals surface area contributed by atoms with Crippen molar-refractivity contribution < 1.29 is 41.4 Å². The third-order valence-corrected chi connectivity index (χ3v) is 6.42. The number of hydrogen-bond acceptors (Lipinski definition) is 8. The Morgan fingerprint density at radius 1 is 0.970 bits per heavy atom. The van der Waals surface area contributed by atoms with Crippen molar-refractivity contribution in [2.24, 2.45) is 0 Å². The number of nitrogens with zero attached hydrogens (tertiary/aromatic N) is 1. The molecule has 2 aromatic rings. The van der Waals surface area contributed by atoms with Gasteiger partial charge in [-0.25, -0.2) is 22.4 Å². The number of likely N-dealkylation sites (N-methyl/N-ethyl adjacent to an activating group) is 1. The molecule has 0 aromatic heterocycles. The lowest BCUT2D eigenvalue weighted by Crippen LogP contribution is -2.38. The zero-order valence-corrected chi connectivity index (χ0v) is 19.2. The van der Waals surface area contributed by atoms with E-state index < -0.39 is 45.1 Å². The van der Waals surface area contributed by atoms with E-state index in [9.17, 15) is 27.2 Å². The monoisotopic (exact) mass is 482 g/mol. The lowest BCUT2D eigenvalue weighted by Gasteiger charge is -2.21. The van der Waals surface area contributed by atoms with Gasteiger partial charge < -0.3 is 19.5 Å². The summed E-state index contributed by atoms with van der Waals surface area (Å²) in [5.41, 5.74) is -0.0135. The Kier molecular flexibility index (Phi) is 8.49. The Labute approximate surface area is 190 Å². The van der Waals surface area contributed by atoms with Crippen molar-refractivity contribution in [2.75, 3.05) is 39.7 Å². The van der Waals surface area contributed by atoms with Crippen LogP contribution in [0.2, 0.25) is 0 Å². The molecule has 1 N–H and O–H groups in total. The highest BCUT2D eigenvalue weighted by Gasteiger charge is 2.29. The van der Waals surface area contributed by atoms with E-state index >= 15 is 0 Å². The molecule has 0 atom stereocenters. The highest BCUT2D eigenvalue weighted by molar-refractivity contribution is 7.89. The summed E-state index contributed by atoms with van der Waals surface area (Å²) < 4.78 is 54.9. The van der Waals surface area contributed by atoms with Gasteiger partial charge in [-0.2, -0.15) is 4.31 Å². The van der Waals surface area contributed by atoms with Crippen LogP contribution in [0.4, 0.5) is 10.1 Å². The number of ether oxygens (including phenoxy) is 3. The lowest BCUT2D eigenvalue weighted by molar-refractivity contribution is -0.116. The number of benzene rings is 2. The molecule has 0 heterocycles. The van der Waals surface area contributed by atoms with E-state index in [1.807, 2.05) is 0 Å². The van der Waals surface area contributed by atoms with Crippen molar-refractivity contribution in [3.63, 3.8) is 0 Å². The van der Waals surface area contributed by atoms with Gasteiger partial charge in [-0.15, -0.1) is 0 Å². The van der Waals surface area contributed by atoms with Crippen molar-refractivity contribution >= 4 is 33.6 Å². The molecule has 178 valence electrons. The van der Waals surface area contributed by atoms with Crippen LogP contribution in [-0.4, -0.2) is 65.0 Å². The highest BCUT2D eigenvalue weighted by atomic mass is 32.2. The molecule has 0 fully saturated rings. The minimum Gasteiger partial charge on any atom is -0.495 e. The van der Waals surface area contributed by atoms with Crippen molar-refractivity contribution in [1.29, 1.82) is 0 Å². The van der Waals surface area contributed by atoms with E-state index in [2.05, 4.69) is 14.8 Å². The largest absolute Gasteiger partial charge is 0.495 e. The normalized spacial score (nSPS) is 11.1. The van der Waals surface area contributed by atoms with E-state index in [1.165, 1.54) is 38.3 Å². The smallest absolute Gasteiger partial charge is 0.337 e. The van der Waals surface area contributed by atoms with E-state index in [1.54, 1.807) is 0 Å². The molecule has 2 rings (SSSR count). The van der Waals surface area contributed by atoms with Gasteiger partial charge in [0.1, 0.15) is 16.5 Å². The van der Waals surface area contributed by atoms with Gasteiger partial charge in [0.15, 0.2) is 0 Å². The quantitative estimate of drug-likeness (QED) is 0.538. The van der Waals surface area contributed by atoms with Crippen LogP contribution in [0, 0.1) is 5.82 Å². The fraction of sp³-hybridized carbons (Fsp3) is 0.286. The second kappa shape index (κ2) is 10.9. The minimum atomic E-state index is -4.30. The molecule has 0 saturated heterocycles. The van der Waals surface area contributed by atoms with Crippen LogP contribution in [0.3, 0.4) is 0 Å². The summed E-state index contributed by atoms with van der Waals surface area (Å²) >= 11 is 0. The number of anilines is 1. The number of methoxy groups -OCH3 is 3. The van der Waals surface area contributed by atoms with E-state index in [-0.39, 0.29) is 29.1 Å². The average Bonchev–Trinajstić information content (AvgIpc) is 2.80. The van der Waals surface area contributed by atoms with Crippen LogP contribution < -0.4 is 10.1 Å². The summed E-state index contributed by atoms with van der Waals surface area (Å²) in [5, 5.41) is 2.44. The summed E-state index contributed by atoms with van der Waals surface area (Å²) in [6.07, 6.45) is 0. The molecule has 0 unspecified atom stereocenters. The third-order valence-electron chi connectivity index (χ3n) is 4.48. The molecule has 2 aromatic carbocycles. The van der Waals surface area contributed by atoms with Gasteiger partial charge in [0.2, 0.25) is 15.9 Å². The average molecular weight is 482 g/mol. The Morgan fingerprint density at radius 3 is 2.03 bits per heavy atom. The summed E-state index contributed by atoms with van der Waals surface area (Å²) in [6, 6.07) is 6.77. The zero-order valence-electron chi connectivity index (χ0n) is 18.4. The van der Waals surface area contributed by atoms with Crippen LogP contribution >= 0.6 is 0 Å². The fourth-order valence-corrected chi connectivity index (χ4v) is 4.46. The molecule has 0 aliphatic carbocycles. The van der Waals surface area contributed by atoms with Gasteiger partial charge in [-0.3, -0.25) is 4.79 Å². The molecule has 0 saturated carbocycles. The number of esters is 2. The van der Waals surface area contributed by atoms with Gasteiger partial charge in [0.25, 0.3) is 0 Å². The minimum absolute atomic E-state index is 0.0276. The summed E-state index contributed by atoms with van der Waals surface area (Å²) in [6.45, 7) is 0.767. The predicted molar refractivity (Wildman–Crippen MR) is 115 cm³/mol. The Hall–Kier alpha value is -3.51. The maximum Gasteiger partial charge on any atom is 0.337 e. The highest BCUT2D eigenvalue weighted by Crippen LogP contribution is 2.27. The number of sulfonamides is 1. The first-order chi connectivity index (χ1) is 15.6. The molecule has 1 amide bonds. The van der Waals surface area contributed by atoms with Crippen molar-refractivity contribution in [2.45, 2.75) is 11.8 Å². The Bertz CT molecular complexity index is 1130. The van der Waals surface area contributed by atoms with E-state index in [0.29, 0.717) is 0 Å². The summed E-state index contributed by atoms with van der Waals surface area (Å²) in [4.78, 5) is 36.0. The van der Waals surface area contributed by atoms with E-state index in [0.717, 1.165) is 30.7 Å². The number of amides is 1. The lowest BCUT2D eigenvalue weighted by atomic mass is 10.1. The molecule has 0 aliphatic heterocycles. The van der Waals surface area contributed by atoms with Gasteiger partial charge >= 0.3 is 11.9 Å². The number of rotatable bonds is 9. The van der Waals surface area contributed by atoms with Gasteiger partial charge in [0.05, 0.1) is 39.0 Å². The zero-order chi connectivity index (χ0) is 24.8. The van der Waals surface area contributed by atoms with Crippen LogP contribution in [-0.2, 0) is 24.3 Å². The fourth-order valence-electron chi connectivity index (χ4n) is 2.89. The second-order valence-electron chi connectivity index (χ2n) is 6.56. The summed E-state index contributed by atoms with van der Waals surface area (Å²) in [5.74, 6) is -3.15. The van der Waals surface area contributed by atoms with Crippen LogP contribution in [0.5, 0.6) is 5.75 Å². The van der Waals surface area contributed by atoms with Crippen LogP contribution in [0.1, 0.15) is 27.6 Å². The number of carbonyl (C=O) groups is 3. The number of nitrogens with one attached hydrogen (secondary N) is 1. The molecular weight excluding hydrogens is 459 g/mol. The first kappa shape index (κ1) is 25.7. The first-order valence-corrected chi connectivity index (χ1v) is 11.0. The topological polar surface area (TPSA) is 128 Å². The number of carbonyl (C=O) groups excluding carboxylic acids is 3. The first-order valence-electron chi connectivity index (χ1n) is 9.52. The summed E-state index contributed by atoms with van der Waals surface area (Å²) in [7, 11) is -0.759. The van der Waals surface area contributed by atoms with Crippen LogP contribution in [0.25, 0.3) is 0 Å². The molecule has 10 nitrogen and oxygen atoms in total. The Morgan fingerprint density at radius 2 is 1.55 bits per heavy atom. The molecule has 0 aliphatic rings. The molecule has 0 bridgehead atoms. The maximum atomic E-state index is 13.7.